The summed E-state index contributed by atoms with van der Waals surface area (Å²) in [4.78, 5) is 41.6. The quantitative estimate of drug-likeness (QED) is 0.242. The largest absolute Gasteiger partial charge is 0.485 e. The number of anilines is 2. The number of aliphatic hydroxyl groups excluding tert-OH is 1. The lowest BCUT2D eigenvalue weighted by atomic mass is 9.93. The van der Waals surface area contributed by atoms with Gasteiger partial charge in [-0.1, -0.05) is 6.07 Å². The molecule has 1 amide bonds. The molecule has 7 rings (SSSR count). The van der Waals surface area contributed by atoms with E-state index >= 15 is 0 Å². The highest BCUT2D eigenvalue weighted by molar-refractivity contribution is 7.59. The van der Waals surface area contributed by atoms with Gasteiger partial charge in [-0.3, -0.25) is 14.5 Å². The number of aromatic nitrogens is 2. The van der Waals surface area contributed by atoms with Crippen LogP contribution in [0.15, 0.2) is 35.1 Å². The summed E-state index contributed by atoms with van der Waals surface area (Å²) in [5.74, 6) is 3.64. The Kier molecular flexibility index (Phi) is 11.2. The van der Waals surface area contributed by atoms with E-state index in [-0.39, 0.29) is 37.5 Å². The Balaban J connectivity index is 0.00000417. The summed E-state index contributed by atoms with van der Waals surface area (Å²) in [7, 11) is 0. The molecule has 2 N–H and O–H groups in total. The predicted molar refractivity (Wildman–Crippen MR) is 193 cm³/mol. The number of Topliss-reactive ketones (excluding diaryl/α,β-unsaturated/α-hetero) is 1. The van der Waals surface area contributed by atoms with Gasteiger partial charge < -0.3 is 29.4 Å². The number of ketones is 1. The number of carbonyl (C=O) groups is 2. The average molecular weight is 691 g/mol. The van der Waals surface area contributed by atoms with Gasteiger partial charge in [-0.15, -0.1) is 0 Å². The van der Waals surface area contributed by atoms with E-state index in [1.165, 1.54) is 23.9 Å². The number of nitrogens with one attached hydrogen (secondary N) is 1. The highest BCUT2D eigenvalue weighted by Gasteiger charge is 2.35. The van der Waals surface area contributed by atoms with Gasteiger partial charge in [0.15, 0.2) is 17.9 Å². The highest BCUT2D eigenvalue weighted by atomic mass is 32.1. The van der Waals surface area contributed by atoms with Crippen molar-refractivity contribution < 1.29 is 23.8 Å². The molecule has 0 radical (unpaired) electrons. The fourth-order valence-electron chi connectivity index (χ4n) is 7.05. The first-order chi connectivity index (χ1) is 23.3. The van der Waals surface area contributed by atoms with Crippen LogP contribution in [0.25, 0.3) is 0 Å². The molecule has 264 valence electrons. The third-order valence-electron chi connectivity index (χ3n) is 10.5. The molecule has 11 nitrogen and oxygen atoms in total. The first-order valence-corrected chi connectivity index (χ1v) is 17.7. The second kappa shape index (κ2) is 15.5. The number of benzene rings is 1. The van der Waals surface area contributed by atoms with Gasteiger partial charge in [0.2, 0.25) is 5.91 Å². The number of piperazine rings is 1. The minimum Gasteiger partial charge on any atom is -0.485 e. The standard InChI is InChI=1S/C37H48N6O5.H2S/c1-24-31-12-13-41(20-27(31)8-11-33(24)47-22-34-25(2)38-23-48-34)21-30(44)9-10-32(45)28-18-35(39-29-4-3-5-29)40-36(19-28)42-14-16-43(17-15-42)37(46)26-6-7-26;/h8,11,18-19,23,26,29-30,44H,3-7,9-10,12-17,20-22H2,1-2H3,(H,39,40);1H2/t30-;/m0./s1. The number of nitrogens with zero attached hydrogens (tertiary/aromatic N) is 5. The molecule has 2 aliphatic carbocycles. The lowest BCUT2D eigenvalue weighted by Gasteiger charge is -2.36. The van der Waals surface area contributed by atoms with Crippen LogP contribution in [0.5, 0.6) is 5.75 Å². The van der Waals surface area contributed by atoms with Gasteiger partial charge in [-0.2, -0.15) is 13.5 Å². The van der Waals surface area contributed by atoms with E-state index in [2.05, 4.69) is 33.1 Å². The molecule has 0 bridgehead atoms. The maximum atomic E-state index is 13.5. The number of fused-ring (bicyclic) bond motifs is 1. The van der Waals surface area contributed by atoms with Gasteiger partial charge in [0.05, 0.1) is 11.8 Å². The van der Waals surface area contributed by atoms with Gasteiger partial charge in [0.25, 0.3) is 0 Å². The van der Waals surface area contributed by atoms with Crippen LogP contribution >= 0.6 is 13.5 Å². The molecule has 49 heavy (non-hydrogen) atoms. The molecule has 2 saturated carbocycles. The Morgan fingerprint density at radius 3 is 2.57 bits per heavy atom. The van der Waals surface area contributed by atoms with Crippen LogP contribution in [0.2, 0.25) is 0 Å². The molecule has 1 saturated heterocycles. The first-order valence-electron chi connectivity index (χ1n) is 17.7. The number of hydrogen-bond donors (Lipinski definition) is 2. The van der Waals surface area contributed by atoms with Gasteiger partial charge in [0, 0.05) is 69.8 Å². The number of aryl methyl sites for hydroxylation is 1. The summed E-state index contributed by atoms with van der Waals surface area (Å²) in [6.45, 7) is 9.27. The molecule has 12 heteroatoms. The van der Waals surface area contributed by atoms with Crippen molar-refractivity contribution in [3.05, 3.63) is 64.4 Å². The molecule has 2 aromatic heterocycles. The SMILES string of the molecule is Cc1ncoc1COc1ccc2c(c1C)CCN(C[C@@H](O)CCC(=O)c1cc(NC3CCC3)nc(N3CCN(C(=O)C4CC4)CC3)c1)C2.S. The zero-order chi connectivity index (χ0) is 33.2. The van der Waals surface area contributed by atoms with Gasteiger partial charge in [0.1, 0.15) is 24.0 Å². The summed E-state index contributed by atoms with van der Waals surface area (Å²) >= 11 is 0. The summed E-state index contributed by atoms with van der Waals surface area (Å²) in [6, 6.07) is 8.30. The van der Waals surface area contributed by atoms with E-state index in [9.17, 15) is 14.7 Å². The van der Waals surface area contributed by atoms with Crippen molar-refractivity contribution in [1.29, 1.82) is 0 Å². The number of carbonyl (C=O) groups excluding carboxylic acids is 2. The lowest BCUT2D eigenvalue weighted by molar-refractivity contribution is -0.132. The van der Waals surface area contributed by atoms with Crippen LogP contribution < -0.4 is 15.0 Å². The van der Waals surface area contributed by atoms with Gasteiger partial charge in [-0.05, 0) is 93.7 Å². The number of rotatable bonds is 13. The Hall–Kier alpha value is -3.61. The van der Waals surface area contributed by atoms with E-state index in [0.29, 0.717) is 57.4 Å². The summed E-state index contributed by atoms with van der Waals surface area (Å²) in [5.41, 5.74) is 5.17. The zero-order valence-corrected chi connectivity index (χ0v) is 29.7. The Bertz CT molecular complexity index is 1630. The smallest absolute Gasteiger partial charge is 0.225 e. The van der Waals surface area contributed by atoms with Crippen molar-refractivity contribution in [2.24, 2.45) is 5.92 Å². The third-order valence-corrected chi connectivity index (χ3v) is 10.5. The van der Waals surface area contributed by atoms with Crippen molar-refractivity contribution >= 4 is 36.8 Å². The van der Waals surface area contributed by atoms with Crippen LogP contribution in [-0.2, 0) is 24.4 Å². The average Bonchev–Trinajstić information content (AvgIpc) is 3.85. The normalized spacial score (nSPS) is 18.7. The summed E-state index contributed by atoms with van der Waals surface area (Å²) in [6.07, 6.45) is 7.86. The number of amides is 1. The molecular formula is C37H50N6O5S. The van der Waals surface area contributed by atoms with Gasteiger partial charge in [-0.25, -0.2) is 9.97 Å². The summed E-state index contributed by atoms with van der Waals surface area (Å²) < 4.78 is 11.5. The van der Waals surface area contributed by atoms with E-state index in [0.717, 1.165) is 79.6 Å². The lowest BCUT2D eigenvalue weighted by Crippen LogP contribution is -2.49. The second-order valence-electron chi connectivity index (χ2n) is 14.0. The fraction of sp³-hybridized carbons (Fsp3) is 0.568. The number of β-amino-alcohol motifs (C(OH)–C–C–N with tert-alkyl or cyclic N) is 1. The number of hydrogen-bond acceptors (Lipinski definition) is 10. The monoisotopic (exact) mass is 690 g/mol. The molecule has 3 aromatic rings. The maximum Gasteiger partial charge on any atom is 0.225 e. The van der Waals surface area contributed by atoms with Crippen LogP contribution in [0.3, 0.4) is 0 Å². The third kappa shape index (κ3) is 8.41. The maximum absolute atomic E-state index is 13.5. The van der Waals surface area contributed by atoms with E-state index < -0.39 is 6.10 Å². The Labute approximate surface area is 295 Å². The predicted octanol–water partition coefficient (Wildman–Crippen LogP) is 4.78. The van der Waals surface area contributed by atoms with Crippen molar-refractivity contribution in [2.75, 3.05) is 49.5 Å². The number of pyridine rings is 1. The van der Waals surface area contributed by atoms with Crippen LogP contribution in [0.1, 0.15) is 83.4 Å². The molecule has 4 aliphatic rings. The van der Waals surface area contributed by atoms with E-state index in [1.807, 2.05) is 30.0 Å². The van der Waals surface area contributed by atoms with Crippen molar-refractivity contribution in [2.45, 2.75) is 90.5 Å². The van der Waals surface area contributed by atoms with Crippen molar-refractivity contribution in [1.82, 2.24) is 19.8 Å². The molecule has 1 atom stereocenters. The molecule has 2 aliphatic heterocycles. The van der Waals surface area contributed by atoms with Crippen LogP contribution in [0.4, 0.5) is 11.6 Å². The zero-order valence-electron chi connectivity index (χ0n) is 28.7. The Morgan fingerprint density at radius 1 is 1.08 bits per heavy atom. The number of oxazole rings is 1. The molecule has 0 spiro atoms. The minimum absolute atomic E-state index is 0. The van der Waals surface area contributed by atoms with Gasteiger partial charge >= 0.3 is 0 Å². The van der Waals surface area contributed by atoms with Crippen LogP contribution in [-0.4, -0.2) is 88.0 Å². The molecule has 4 heterocycles. The molecule has 1 aromatic carbocycles. The number of aliphatic hydroxyl groups is 1. The molecular weight excluding hydrogens is 641 g/mol. The van der Waals surface area contributed by atoms with Crippen LogP contribution in [0, 0.1) is 19.8 Å². The first kappa shape index (κ1) is 35.2. The van der Waals surface area contributed by atoms with Crippen molar-refractivity contribution in [3.63, 3.8) is 0 Å². The minimum atomic E-state index is -0.602. The molecule has 0 unspecified atom stereocenters. The van der Waals surface area contributed by atoms with Crippen molar-refractivity contribution in [3.8, 4) is 5.75 Å². The fourth-order valence-corrected chi connectivity index (χ4v) is 7.05. The van der Waals surface area contributed by atoms with E-state index in [1.54, 1.807) is 0 Å². The Morgan fingerprint density at radius 2 is 1.88 bits per heavy atom. The summed E-state index contributed by atoms with van der Waals surface area (Å²) in [5, 5.41) is 14.5. The molecule has 3 fully saturated rings. The van der Waals surface area contributed by atoms with E-state index in [4.69, 9.17) is 14.1 Å². The topological polar surface area (TPSA) is 124 Å². The number of ether oxygens (including phenoxy) is 1. The highest BCUT2D eigenvalue weighted by Crippen LogP contribution is 2.33. The second-order valence-corrected chi connectivity index (χ2v) is 14.0.